The molecule has 1 fully saturated rings. The second-order valence-corrected chi connectivity index (χ2v) is 8.04. The molecule has 1 saturated heterocycles. The predicted octanol–water partition coefficient (Wildman–Crippen LogP) is 4.67. The quantitative estimate of drug-likeness (QED) is 0.783. The molecule has 0 radical (unpaired) electrons. The molecule has 0 saturated carbocycles. The van der Waals surface area contributed by atoms with E-state index < -0.39 is 5.97 Å². The molecule has 1 heterocycles. The van der Waals surface area contributed by atoms with Crippen LogP contribution in [-0.2, 0) is 11.3 Å². The molecule has 2 aromatic carbocycles. The Hall–Kier alpha value is -2.04. The lowest BCUT2D eigenvalue weighted by Crippen LogP contribution is -2.49. The Morgan fingerprint density at radius 1 is 1.22 bits per heavy atom. The number of hydrogen-bond donors (Lipinski definition) is 1. The molecule has 1 atom stereocenters. The number of benzene rings is 2. The van der Waals surface area contributed by atoms with Crippen molar-refractivity contribution in [3.05, 3.63) is 63.7 Å². The summed E-state index contributed by atoms with van der Waals surface area (Å²) in [5.74, 6) is -0.906. The number of hydrogen-bond acceptors (Lipinski definition) is 3. The Labute approximate surface area is 166 Å². The molecule has 3 rings (SSSR count). The maximum atomic E-state index is 11.0. The average molecular weight is 387 g/mol. The van der Waals surface area contributed by atoms with Gasteiger partial charge >= 0.3 is 5.97 Å². The Kier molecular flexibility index (Phi) is 5.78. The van der Waals surface area contributed by atoms with Crippen molar-refractivity contribution in [3.63, 3.8) is 0 Å². The van der Waals surface area contributed by atoms with Gasteiger partial charge in [-0.2, -0.15) is 0 Å². The topological polar surface area (TPSA) is 43.8 Å². The zero-order valence-electron chi connectivity index (χ0n) is 16.4. The normalized spacial score (nSPS) is 16.0. The minimum absolute atomic E-state index is 0.216. The zero-order valence-corrected chi connectivity index (χ0v) is 17.1. The second kappa shape index (κ2) is 7.91. The molecule has 0 spiro atoms. The third kappa shape index (κ3) is 4.28. The van der Waals surface area contributed by atoms with Crippen LogP contribution in [-0.4, -0.2) is 36.1 Å². The first kappa shape index (κ1) is 19.7. The smallest absolute Gasteiger partial charge is 0.309 e. The number of anilines is 1. The summed E-state index contributed by atoms with van der Waals surface area (Å²) in [5, 5.41) is 9.84. The number of aliphatic carboxylic acids is 1. The molecule has 1 aliphatic rings. The lowest BCUT2D eigenvalue weighted by atomic mass is 9.96. The molecule has 1 aliphatic heterocycles. The van der Waals surface area contributed by atoms with Crippen LogP contribution in [0.5, 0.6) is 0 Å². The number of aryl methyl sites for hydroxylation is 2. The highest BCUT2D eigenvalue weighted by Gasteiger charge is 2.32. The molecule has 0 bridgehead atoms. The van der Waals surface area contributed by atoms with Gasteiger partial charge in [0.05, 0.1) is 12.0 Å². The highest BCUT2D eigenvalue weighted by atomic mass is 35.5. The van der Waals surface area contributed by atoms with Gasteiger partial charge in [0.1, 0.15) is 0 Å². The standard InChI is InChI=1S/C22H27ClN2O2/c1-14-5-6-17(10-18(14)11-25-12-19(13-25)22(26)27)16(3)24(4)20-7-8-21(23)15(2)9-20/h5-10,16,19H,11-13H2,1-4H3,(H,26,27). The van der Waals surface area contributed by atoms with E-state index in [1.54, 1.807) is 0 Å². The summed E-state index contributed by atoms with van der Waals surface area (Å²) in [6, 6.07) is 12.9. The van der Waals surface area contributed by atoms with Gasteiger partial charge in [-0.05, 0) is 61.2 Å². The molecular weight excluding hydrogens is 360 g/mol. The minimum Gasteiger partial charge on any atom is -0.481 e. The summed E-state index contributed by atoms with van der Waals surface area (Å²) in [6.07, 6.45) is 0. The van der Waals surface area contributed by atoms with Crippen LogP contribution in [0.1, 0.15) is 35.2 Å². The van der Waals surface area contributed by atoms with Gasteiger partial charge in [0.2, 0.25) is 0 Å². The van der Waals surface area contributed by atoms with E-state index >= 15 is 0 Å². The fraction of sp³-hybridized carbons (Fsp3) is 0.409. The van der Waals surface area contributed by atoms with Gasteiger partial charge in [0.15, 0.2) is 0 Å². The van der Waals surface area contributed by atoms with E-state index in [1.807, 2.05) is 19.1 Å². The number of carboxylic acids is 1. The molecule has 0 aromatic heterocycles. The van der Waals surface area contributed by atoms with Crippen molar-refractivity contribution in [1.82, 2.24) is 4.90 Å². The molecule has 1 N–H and O–H groups in total. The first-order valence-corrected chi connectivity index (χ1v) is 9.67. The van der Waals surface area contributed by atoms with Gasteiger partial charge in [0.25, 0.3) is 0 Å². The van der Waals surface area contributed by atoms with Gasteiger partial charge in [-0.1, -0.05) is 29.8 Å². The van der Waals surface area contributed by atoms with E-state index in [0.29, 0.717) is 13.1 Å². The number of nitrogens with zero attached hydrogens (tertiary/aromatic N) is 2. The summed E-state index contributed by atoms with van der Waals surface area (Å²) in [5.41, 5.74) is 5.97. The average Bonchev–Trinajstić information content (AvgIpc) is 2.59. The van der Waals surface area contributed by atoms with Crippen LogP contribution in [0.25, 0.3) is 0 Å². The number of halogens is 1. The Bertz CT molecular complexity index is 846. The Morgan fingerprint density at radius 2 is 1.93 bits per heavy atom. The maximum Gasteiger partial charge on any atom is 0.309 e. The maximum absolute atomic E-state index is 11.0. The molecule has 144 valence electrons. The first-order valence-electron chi connectivity index (χ1n) is 9.30. The van der Waals surface area contributed by atoms with Crippen molar-refractivity contribution in [1.29, 1.82) is 0 Å². The van der Waals surface area contributed by atoms with Crippen molar-refractivity contribution < 1.29 is 9.90 Å². The molecule has 0 aliphatic carbocycles. The summed E-state index contributed by atoms with van der Waals surface area (Å²) >= 11 is 6.16. The summed E-state index contributed by atoms with van der Waals surface area (Å²) < 4.78 is 0. The van der Waals surface area contributed by atoms with Crippen molar-refractivity contribution >= 4 is 23.3 Å². The largest absolute Gasteiger partial charge is 0.481 e. The summed E-state index contributed by atoms with van der Waals surface area (Å²) in [4.78, 5) is 15.5. The Balaban J connectivity index is 1.74. The number of carboxylic acid groups (broad SMARTS) is 1. The number of carbonyl (C=O) groups is 1. The lowest BCUT2D eigenvalue weighted by molar-refractivity contribution is -0.147. The number of rotatable bonds is 6. The monoisotopic (exact) mass is 386 g/mol. The summed E-state index contributed by atoms with van der Waals surface area (Å²) in [6.45, 7) is 8.41. The van der Waals surface area contributed by atoms with E-state index in [2.05, 4.69) is 55.0 Å². The SMILES string of the molecule is Cc1cc(N(C)C(C)c2ccc(C)c(CN3CC(C(=O)O)C3)c2)ccc1Cl. The van der Waals surface area contributed by atoms with Crippen LogP contribution in [0.3, 0.4) is 0 Å². The minimum atomic E-state index is -0.690. The molecule has 0 amide bonds. The van der Waals surface area contributed by atoms with Crippen LogP contribution in [0, 0.1) is 19.8 Å². The van der Waals surface area contributed by atoms with Gasteiger partial charge in [-0.3, -0.25) is 9.69 Å². The highest BCUT2D eigenvalue weighted by molar-refractivity contribution is 6.31. The van der Waals surface area contributed by atoms with Crippen molar-refractivity contribution in [3.8, 4) is 0 Å². The first-order chi connectivity index (χ1) is 12.8. The lowest BCUT2D eigenvalue weighted by Gasteiger charge is -2.37. The zero-order chi connectivity index (χ0) is 19.7. The molecule has 2 aromatic rings. The van der Waals surface area contributed by atoms with E-state index in [9.17, 15) is 4.79 Å². The van der Waals surface area contributed by atoms with Gasteiger partial charge < -0.3 is 10.0 Å². The van der Waals surface area contributed by atoms with Crippen LogP contribution in [0.2, 0.25) is 5.02 Å². The van der Waals surface area contributed by atoms with E-state index in [0.717, 1.165) is 22.8 Å². The molecule has 4 nitrogen and oxygen atoms in total. The third-order valence-corrected chi connectivity index (χ3v) is 6.11. The van der Waals surface area contributed by atoms with Crippen molar-refractivity contribution in [2.75, 3.05) is 25.0 Å². The van der Waals surface area contributed by atoms with Crippen LogP contribution >= 0.6 is 11.6 Å². The van der Waals surface area contributed by atoms with Gasteiger partial charge in [-0.25, -0.2) is 0 Å². The summed E-state index contributed by atoms with van der Waals surface area (Å²) in [7, 11) is 2.10. The van der Waals surface area contributed by atoms with Crippen LogP contribution in [0.4, 0.5) is 5.69 Å². The second-order valence-electron chi connectivity index (χ2n) is 7.64. The molecular formula is C22H27ClN2O2. The van der Waals surface area contributed by atoms with Crippen molar-refractivity contribution in [2.24, 2.45) is 5.92 Å². The van der Waals surface area contributed by atoms with Crippen molar-refractivity contribution in [2.45, 2.75) is 33.4 Å². The number of likely N-dealkylation sites (tertiary alicyclic amines) is 1. The fourth-order valence-electron chi connectivity index (χ4n) is 3.51. The predicted molar refractivity (Wildman–Crippen MR) is 111 cm³/mol. The third-order valence-electron chi connectivity index (χ3n) is 5.69. The Morgan fingerprint density at radius 3 is 2.56 bits per heavy atom. The van der Waals surface area contributed by atoms with Crippen LogP contribution < -0.4 is 4.90 Å². The highest BCUT2D eigenvalue weighted by Crippen LogP contribution is 2.30. The molecule has 27 heavy (non-hydrogen) atoms. The van der Waals surface area contributed by atoms with Gasteiger partial charge in [-0.15, -0.1) is 0 Å². The van der Waals surface area contributed by atoms with E-state index in [4.69, 9.17) is 16.7 Å². The molecule has 1 unspecified atom stereocenters. The van der Waals surface area contributed by atoms with Gasteiger partial charge in [0, 0.05) is 37.4 Å². The van der Waals surface area contributed by atoms with E-state index in [1.165, 1.54) is 16.7 Å². The van der Waals surface area contributed by atoms with Crippen LogP contribution in [0.15, 0.2) is 36.4 Å². The van der Waals surface area contributed by atoms with E-state index in [-0.39, 0.29) is 12.0 Å². The fourth-order valence-corrected chi connectivity index (χ4v) is 3.63. The molecule has 5 heteroatoms.